The molecule has 5 nitrogen and oxygen atoms in total. The van der Waals surface area contributed by atoms with E-state index in [2.05, 4.69) is 20.9 Å². The Hall–Kier alpha value is -2.60. The van der Waals surface area contributed by atoms with Gasteiger partial charge >= 0.3 is 5.97 Å². The molecule has 0 amide bonds. The van der Waals surface area contributed by atoms with Crippen molar-refractivity contribution < 1.29 is 14.6 Å². The van der Waals surface area contributed by atoms with Gasteiger partial charge in [0, 0.05) is 21.9 Å². The number of phenolic OH excluding ortho intramolecular Hbond substituents is 1. The summed E-state index contributed by atoms with van der Waals surface area (Å²) in [5, 5.41) is 10.2. The smallest absolute Gasteiger partial charge is 0.339 e. The molecule has 25 heavy (non-hydrogen) atoms. The second kappa shape index (κ2) is 7.11. The molecule has 0 saturated carbocycles. The minimum Gasteiger partial charge on any atom is -0.507 e. The lowest BCUT2D eigenvalue weighted by Gasteiger charge is -2.13. The van der Waals surface area contributed by atoms with Crippen molar-refractivity contribution in [3.63, 3.8) is 0 Å². The van der Waals surface area contributed by atoms with E-state index in [-0.39, 0.29) is 5.75 Å². The molecule has 128 valence electrons. The van der Waals surface area contributed by atoms with Crippen LogP contribution >= 0.6 is 15.9 Å². The van der Waals surface area contributed by atoms with E-state index in [4.69, 9.17) is 4.74 Å². The van der Waals surface area contributed by atoms with Crippen molar-refractivity contribution in [1.29, 1.82) is 0 Å². The van der Waals surface area contributed by atoms with E-state index in [0.717, 1.165) is 15.9 Å². The molecule has 2 heterocycles. The minimum absolute atomic E-state index is 0.186. The first-order valence-electron chi connectivity index (χ1n) is 7.82. The molecule has 0 atom stereocenters. The molecule has 2 aromatic heterocycles. The van der Waals surface area contributed by atoms with Crippen LogP contribution in [-0.4, -0.2) is 27.2 Å². The number of benzene rings is 1. The monoisotopic (exact) mass is 400 g/mol. The van der Waals surface area contributed by atoms with Gasteiger partial charge in [-0.15, -0.1) is 0 Å². The number of carbonyl (C=O) groups is 1. The van der Waals surface area contributed by atoms with E-state index >= 15 is 0 Å². The average Bonchev–Trinajstić information content (AvgIpc) is 2.99. The van der Waals surface area contributed by atoms with Crippen LogP contribution < -0.4 is 0 Å². The van der Waals surface area contributed by atoms with Crippen LogP contribution in [0.5, 0.6) is 5.75 Å². The molecule has 0 fully saturated rings. The molecule has 0 aliphatic carbocycles. The number of pyridine rings is 1. The lowest BCUT2D eigenvalue weighted by Crippen LogP contribution is -2.07. The first-order chi connectivity index (χ1) is 12.0. The van der Waals surface area contributed by atoms with Gasteiger partial charge in [-0.05, 0) is 56.3 Å². The Bertz CT molecular complexity index is 917. The summed E-state index contributed by atoms with van der Waals surface area (Å²) >= 11 is 3.43. The molecular formula is C19H17BrN2O3. The first-order valence-corrected chi connectivity index (χ1v) is 8.61. The molecule has 3 rings (SSSR count). The minimum atomic E-state index is -0.393. The lowest BCUT2D eigenvalue weighted by molar-refractivity contribution is 0.0526. The fraction of sp³-hybridized carbons (Fsp3) is 0.158. The number of aromatic hydroxyl groups is 1. The third kappa shape index (κ3) is 3.44. The van der Waals surface area contributed by atoms with Gasteiger partial charge in [-0.3, -0.25) is 4.57 Å². The predicted molar refractivity (Wildman–Crippen MR) is 99.1 cm³/mol. The van der Waals surface area contributed by atoms with Crippen molar-refractivity contribution in [1.82, 2.24) is 9.55 Å². The van der Waals surface area contributed by atoms with Crippen molar-refractivity contribution in [3.05, 3.63) is 64.4 Å². The van der Waals surface area contributed by atoms with Gasteiger partial charge in [0.1, 0.15) is 11.6 Å². The zero-order chi connectivity index (χ0) is 18.0. The highest BCUT2D eigenvalue weighted by atomic mass is 79.9. The van der Waals surface area contributed by atoms with E-state index in [1.165, 1.54) is 6.20 Å². The Morgan fingerprint density at radius 2 is 2.04 bits per heavy atom. The number of carbonyl (C=O) groups excluding carboxylic acids is 1. The summed E-state index contributed by atoms with van der Waals surface area (Å²) < 4.78 is 7.78. The van der Waals surface area contributed by atoms with Gasteiger partial charge in [-0.1, -0.05) is 15.9 Å². The first kappa shape index (κ1) is 17.2. The van der Waals surface area contributed by atoms with Gasteiger partial charge in [-0.2, -0.15) is 0 Å². The molecule has 0 unspecified atom stereocenters. The maximum Gasteiger partial charge on any atom is 0.339 e. The van der Waals surface area contributed by atoms with Gasteiger partial charge in [0.05, 0.1) is 17.9 Å². The summed E-state index contributed by atoms with van der Waals surface area (Å²) in [5.74, 6) is 0.450. The molecule has 0 aliphatic heterocycles. The maximum absolute atomic E-state index is 11.8. The highest BCUT2D eigenvalue weighted by Gasteiger charge is 2.15. The van der Waals surface area contributed by atoms with E-state index < -0.39 is 5.97 Å². The molecule has 1 aromatic carbocycles. The number of esters is 1. The molecule has 1 N–H and O–H groups in total. The van der Waals surface area contributed by atoms with Gasteiger partial charge < -0.3 is 9.84 Å². The summed E-state index contributed by atoms with van der Waals surface area (Å²) in [6.07, 6.45) is 1.50. The van der Waals surface area contributed by atoms with Crippen molar-refractivity contribution >= 4 is 21.9 Å². The van der Waals surface area contributed by atoms with Gasteiger partial charge in [-0.25, -0.2) is 9.78 Å². The van der Waals surface area contributed by atoms with Crippen LogP contribution in [-0.2, 0) is 4.74 Å². The van der Waals surface area contributed by atoms with Crippen LogP contribution in [0.25, 0.3) is 17.1 Å². The van der Waals surface area contributed by atoms with Crippen LogP contribution in [0.4, 0.5) is 0 Å². The van der Waals surface area contributed by atoms with Gasteiger partial charge in [0.2, 0.25) is 0 Å². The zero-order valence-corrected chi connectivity index (χ0v) is 15.4. The van der Waals surface area contributed by atoms with Gasteiger partial charge in [0.15, 0.2) is 0 Å². The van der Waals surface area contributed by atoms with Crippen molar-refractivity contribution in [2.24, 2.45) is 0 Å². The fourth-order valence-corrected chi connectivity index (χ4v) is 2.98. The van der Waals surface area contributed by atoms with Crippen LogP contribution in [0.3, 0.4) is 0 Å². The quantitative estimate of drug-likeness (QED) is 0.655. The molecule has 0 spiro atoms. The topological polar surface area (TPSA) is 64.3 Å². The van der Waals surface area contributed by atoms with Gasteiger partial charge in [0.25, 0.3) is 0 Å². The number of rotatable bonds is 4. The van der Waals surface area contributed by atoms with E-state index in [0.29, 0.717) is 23.6 Å². The van der Waals surface area contributed by atoms with Crippen LogP contribution in [0.15, 0.2) is 53.1 Å². The number of hydrogen-bond acceptors (Lipinski definition) is 4. The number of hydrogen-bond donors (Lipinski definition) is 1. The number of phenols is 1. The van der Waals surface area contributed by atoms with Crippen LogP contribution in [0.2, 0.25) is 0 Å². The number of ether oxygens (including phenoxy) is 1. The van der Waals surface area contributed by atoms with E-state index in [1.54, 1.807) is 31.2 Å². The molecule has 0 bridgehead atoms. The molecule has 3 aromatic rings. The third-order valence-corrected chi connectivity index (χ3v) is 4.29. The molecule has 0 aliphatic rings. The number of aromatic nitrogens is 2. The number of aryl methyl sites for hydroxylation is 1. The van der Waals surface area contributed by atoms with E-state index in [9.17, 15) is 9.90 Å². The summed E-state index contributed by atoms with van der Waals surface area (Å²) in [4.78, 5) is 16.2. The second-order valence-electron chi connectivity index (χ2n) is 5.48. The standard InChI is InChI=1S/C19H17BrN2O3/c1-3-25-19(24)13-5-9-18(21-11-13)22-12(2)4-7-16(22)15-10-14(20)6-8-17(15)23/h4-11,23H,3H2,1-2H3. The fourth-order valence-electron chi connectivity index (χ4n) is 2.62. The van der Waals surface area contributed by atoms with Crippen LogP contribution in [0.1, 0.15) is 23.0 Å². The van der Waals surface area contributed by atoms with E-state index in [1.807, 2.05) is 29.7 Å². The molecular weight excluding hydrogens is 384 g/mol. The molecule has 6 heteroatoms. The van der Waals surface area contributed by atoms with Crippen molar-refractivity contribution in [2.45, 2.75) is 13.8 Å². The Kier molecular flexibility index (Phi) is 4.90. The summed E-state index contributed by atoms with van der Waals surface area (Å²) in [6.45, 7) is 4.04. The molecule has 0 radical (unpaired) electrons. The van der Waals surface area contributed by atoms with Crippen molar-refractivity contribution in [2.75, 3.05) is 6.61 Å². The number of halogens is 1. The maximum atomic E-state index is 11.8. The summed E-state index contributed by atoms with van der Waals surface area (Å²) in [6, 6.07) is 12.6. The lowest BCUT2D eigenvalue weighted by atomic mass is 10.1. The predicted octanol–water partition coefficient (Wildman–Crippen LogP) is 4.49. The highest BCUT2D eigenvalue weighted by molar-refractivity contribution is 9.10. The normalized spacial score (nSPS) is 10.7. The Morgan fingerprint density at radius 3 is 2.72 bits per heavy atom. The second-order valence-corrected chi connectivity index (χ2v) is 6.40. The highest BCUT2D eigenvalue weighted by Crippen LogP contribution is 2.34. The zero-order valence-electron chi connectivity index (χ0n) is 13.9. The SMILES string of the molecule is CCOC(=O)c1ccc(-n2c(C)ccc2-c2cc(Br)ccc2O)nc1. The molecule has 0 saturated heterocycles. The van der Waals surface area contributed by atoms with Crippen molar-refractivity contribution in [3.8, 4) is 22.8 Å². The Labute approximate surface area is 154 Å². The summed E-state index contributed by atoms with van der Waals surface area (Å²) in [7, 11) is 0. The average molecular weight is 401 g/mol. The summed E-state index contributed by atoms with van der Waals surface area (Å²) in [5.41, 5.74) is 2.87. The van der Waals surface area contributed by atoms with Crippen LogP contribution in [0, 0.1) is 6.92 Å². The largest absolute Gasteiger partial charge is 0.507 e. The third-order valence-electron chi connectivity index (χ3n) is 3.80. The number of nitrogens with zero attached hydrogens (tertiary/aromatic N) is 2. The Balaban J connectivity index is 2.05. The Morgan fingerprint density at radius 1 is 1.24 bits per heavy atom.